The number of hydrazone groups is 1. The molecule has 0 fully saturated rings. The fourth-order valence-corrected chi connectivity index (χ4v) is 2.20. The first-order valence-corrected chi connectivity index (χ1v) is 7.88. The number of carbonyl (C=O) groups is 1. The zero-order chi connectivity index (χ0) is 18.7. The first-order chi connectivity index (χ1) is 10.9. The number of hydrogen-bond acceptors (Lipinski definition) is 5. The summed E-state index contributed by atoms with van der Waals surface area (Å²) >= 11 is 0. The maximum Gasteiger partial charge on any atom is 0.271 e. The van der Waals surface area contributed by atoms with E-state index >= 15 is 0 Å². The average Bonchev–Trinajstić information content (AvgIpc) is 2.44. The van der Waals surface area contributed by atoms with Gasteiger partial charge in [-0.05, 0) is 23.0 Å². The maximum atomic E-state index is 12.3. The van der Waals surface area contributed by atoms with Gasteiger partial charge in [-0.15, -0.1) is 0 Å². The summed E-state index contributed by atoms with van der Waals surface area (Å²) in [4.78, 5) is 12.3. The Morgan fingerprint density at radius 1 is 1.17 bits per heavy atom. The fraction of sp³-hybridized carbons (Fsp3) is 0.556. The molecule has 0 saturated heterocycles. The molecule has 134 valence electrons. The Balaban J connectivity index is 3.29. The van der Waals surface area contributed by atoms with Crippen LogP contribution in [0.15, 0.2) is 17.2 Å². The van der Waals surface area contributed by atoms with Crippen LogP contribution in [0.5, 0.6) is 5.75 Å². The van der Waals surface area contributed by atoms with E-state index in [-0.39, 0.29) is 16.6 Å². The fourth-order valence-electron chi connectivity index (χ4n) is 2.20. The minimum Gasteiger partial charge on any atom is -0.507 e. The van der Waals surface area contributed by atoms with Gasteiger partial charge in [-0.1, -0.05) is 41.5 Å². The van der Waals surface area contributed by atoms with E-state index in [1.807, 2.05) is 41.5 Å². The van der Waals surface area contributed by atoms with Crippen molar-refractivity contribution in [3.8, 4) is 5.75 Å². The van der Waals surface area contributed by atoms with E-state index < -0.39 is 18.6 Å². The van der Waals surface area contributed by atoms with Gasteiger partial charge in [0.2, 0.25) is 0 Å². The lowest BCUT2D eigenvalue weighted by Crippen LogP contribution is -2.24. The highest BCUT2D eigenvalue weighted by atomic mass is 16.3. The zero-order valence-corrected chi connectivity index (χ0v) is 15.2. The van der Waals surface area contributed by atoms with Gasteiger partial charge >= 0.3 is 0 Å². The zero-order valence-electron chi connectivity index (χ0n) is 15.2. The number of nitrogens with zero attached hydrogens (tertiary/aromatic N) is 1. The molecule has 0 spiro atoms. The van der Waals surface area contributed by atoms with Gasteiger partial charge < -0.3 is 15.3 Å². The molecule has 0 aliphatic rings. The maximum absolute atomic E-state index is 12.3. The molecule has 4 N–H and O–H groups in total. The molecule has 24 heavy (non-hydrogen) atoms. The SMILES string of the molecule is CC(C)(C)c1cc(C(=O)NN=CC(O)CO)cc(C(C)(C)C)c1O. The smallest absolute Gasteiger partial charge is 0.271 e. The highest BCUT2D eigenvalue weighted by molar-refractivity contribution is 5.95. The van der Waals surface area contributed by atoms with Crippen molar-refractivity contribution < 1.29 is 20.1 Å². The van der Waals surface area contributed by atoms with E-state index in [0.29, 0.717) is 16.7 Å². The van der Waals surface area contributed by atoms with Crippen LogP contribution in [0.4, 0.5) is 0 Å². The van der Waals surface area contributed by atoms with Crippen LogP contribution in [0.3, 0.4) is 0 Å². The van der Waals surface area contributed by atoms with E-state index in [4.69, 9.17) is 5.11 Å². The summed E-state index contributed by atoms with van der Waals surface area (Å²) < 4.78 is 0. The Morgan fingerprint density at radius 2 is 1.62 bits per heavy atom. The Kier molecular flexibility index (Phi) is 6.14. The molecule has 0 aromatic heterocycles. The summed E-state index contributed by atoms with van der Waals surface area (Å²) in [5.74, 6) is -0.252. The number of hydrogen-bond donors (Lipinski definition) is 4. The van der Waals surface area contributed by atoms with Crippen molar-refractivity contribution in [2.75, 3.05) is 6.61 Å². The minimum absolute atomic E-state index is 0.200. The van der Waals surface area contributed by atoms with Crippen LogP contribution in [0.25, 0.3) is 0 Å². The van der Waals surface area contributed by atoms with Crippen molar-refractivity contribution in [3.05, 3.63) is 28.8 Å². The summed E-state index contributed by atoms with van der Waals surface area (Å²) in [6.45, 7) is 11.3. The van der Waals surface area contributed by atoms with Crippen LogP contribution >= 0.6 is 0 Å². The van der Waals surface area contributed by atoms with Crippen LogP contribution in [0, 0.1) is 0 Å². The normalized spacial score (nSPS) is 14.0. The van der Waals surface area contributed by atoms with E-state index in [1.165, 1.54) is 0 Å². The second-order valence-electron chi connectivity index (χ2n) is 7.89. The third-order valence-electron chi connectivity index (χ3n) is 3.59. The Bertz CT molecular complexity index is 590. The van der Waals surface area contributed by atoms with E-state index in [9.17, 15) is 15.0 Å². The molecule has 0 heterocycles. The number of aliphatic hydroxyl groups excluding tert-OH is 2. The molecular weight excluding hydrogens is 308 g/mol. The molecule has 6 nitrogen and oxygen atoms in total. The largest absolute Gasteiger partial charge is 0.507 e. The average molecular weight is 336 g/mol. The van der Waals surface area contributed by atoms with Gasteiger partial charge in [-0.2, -0.15) is 5.10 Å². The van der Waals surface area contributed by atoms with E-state index in [2.05, 4.69) is 10.5 Å². The predicted octanol–water partition coefficient (Wildman–Crippen LogP) is 2.06. The van der Waals surface area contributed by atoms with Crippen molar-refractivity contribution in [2.24, 2.45) is 5.10 Å². The van der Waals surface area contributed by atoms with Crippen molar-refractivity contribution in [2.45, 2.75) is 58.5 Å². The summed E-state index contributed by atoms with van der Waals surface area (Å²) in [5.41, 5.74) is 3.38. The number of aliphatic hydroxyl groups is 2. The number of carbonyl (C=O) groups excluding carboxylic acids is 1. The van der Waals surface area contributed by atoms with Crippen LogP contribution in [-0.2, 0) is 10.8 Å². The number of phenols is 1. The van der Waals surface area contributed by atoms with Gasteiger partial charge in [-0.3, -0.25) is 4.79 Å². The standard InChI is InChI=1S/C18H28N2O4/c1-17(2,3)13-7-11(8-14(15(13)23)18(4,5)6)16(24)20-19-9-12(22)10-21/h7-9,12,21-23H,10H2,1-6H3,(H,20,24). The molecule has 0 radical (unpaired) electrons. The first-order valence-electron chi connectivity index (χ1n) is 7.88. The Labute approximate surface area is 143 Å². The van der Waals surface area contributed by atoms with Crippen LogP contribution in [0.1, 0.15) is 63.0 Å². The van der Waals surface area contributed by atoms with Gasteiger partial charge in [0, 0.05) is 16.7 Å². The van der Waals surface area contributed by atoms with Gasteiger partial charge in [0.15, 0.2) is 0 Å². The van der Waals surface area contributed by atoms with Crippen molar-refractivity contribution in [1.29, 1.82) is 0 Å². The van der Waals surface area contributed by atoms with Gasteiger partial charge in [0.1, 0.15) is 11.9 Å². The molecule has 1 aromatic rings. The highest BCUT2D eigenvalue weighted by Crippen LogP contribution is 2.39. The van der Waals surface area contributed by atoms with Crippen molar-refractivity contribution in [1.82, 2.24) is 5.43 Å². The summed E-state index contributed by atoms with van der Waals surface area (Å²) in [6, 6.07) is 3.30. The summed E-state index contributed by atoms with van der Waals surface area (Å²) in [6.07, 6.45) is -0.0754. The van der Waals surface area contributed by atoms with Gasteiger partial charge in [0.25, 0.3) is 5.91 Å². The second kappa shape index (κ2) is 7.32. The molecule has 1 amide bonds. The molecule has 1 unspecified atom stereocenters. The minimum atomic E-state index is -1.12. The predicted molar refractivity (Wildman–Crippen MR) is 94.6 cm³/mol. The lowest BCUT2D eigenvalue weighted by molar-refractivity contribution is 0.0953. The van der Waals surface area contributed by atoms with Crippen LogP contribution < -0.4 is 5.43 Å². The molecule has 0 saturated carbocycles. The molecular formula is C18H28N2O4. The number of benzene rings is 1. The van der Waals surface area contributed by atoms with Crippen molar-refractivity contribution in [3.63, 3.8) is 0 Å². The molecule has 0 aliphatic carbocycles. The quantitative estimate of drug-likeness (QED) is 0.499. The lowest BCUT2D eigenvalue weighted by Gasteiger charge is -2.28. The Morgan fingerprint density at radius 3 is 2.00 bits per heavy atom. The number of nitrogens with one attached hydrogen (secondary N) is 1. The molecule has 1 aromatic carbocycles. The first kappa shape index (κ1) is 20.1. The monoisotopic (exact) mass is 336 g/mol. The third kappa shape index (κ3) is 5.04. The number of rotatable bonds is 4. The number of phenolic OH excluding ortho intramolecular Hbond substituents is 1. The van der Waals surface area contributed by atoms with E-state index in [0.717, 1.165) is 6.21 Å². The number of amides is 1. The number of aromatic hydroxyl groups is 1. The molecule has 6 heteroatoms. The van der Waals surface area contributed by atoms with Gasteiger partial charge in [-0.25, -0.2) is 5.43 Å². The lowest BCUT2D eigenvalue weighted by atomic mass is 9.78. The van der Waals surface area contributed by atoms with Crippen LogP contribution in [0.2, 0.25) is 0 Å². The third-order valence-corrected chi connectivity index (χ3v) is 3.59. The van der Waals surface area contributed by atoms with Crippen LogP contribution in [-0.4, -0.2) is 40.2 Å². The highest BCUT2D eigenvalue weighted by Gasteiger charge is 2.27. The molecule has 1 atom stereocenters. The summed E-state index contributed by atoms with van der Waals surface area (Å²) in [5, 5.41) is 32.2. The summed E-state index contributed by atoms with van der Waals surface area (Å²) in [7, 11) is 0. The topological polar surface area (TPSA) is 102 Å². The van der Waals surface area contributed by atoms with Gasteiger partial charge in [0.05, 0.1) is 12.8 Å². The van der Waals surface area contributed by atoms with Crippen molar-refractivity contribution >= 4 is 12.1 Å². The molecule has 1 rings (SSSR count). The second-order valence-corrected chi connectivity index (χ2v) is 7.89. The molecule has 0 bridgehead atoms. The Hall–Kier alpha value is -1.92. The molecule has 0 aliphatic heterocycles. The van der Waals surface area contributed by atoms with E-state index in [1.54, 1.807) is 12.1 Å².